The molecule has 0 radical (unpaired) electrons. The van der Waals surface area contributed by atoms with Crippen molar-refractivity contribution in [3.05, 3.63) is 70.7 Å². The van der Waals surface area contributed by atoms with Crippen molar-refractivity contribution >= 4 is 27.5 Å². The normalized spacial score (nSPS) is 15.2. The molecule has 8 heteroatoms. The van der Waals surface area contributed by atoms with E-state index in [-0.39, 0.29) is 18.2 Å². The van der Waals surface area contributed by atoms with Crippen molar-refractivity contribution in [2.75, 3.05) is 45.0 Å². The van der Waals surface area contributed by atoms with Crippen molar-refractivity contribution in [2.24, 2.45) is 0 Å². The van der Waals surface area contributed by atoms with Crippen LogP contribution in [0.25, 0.3) is 0 Å². The topological polar surface area (TPSA) is 69.7 Å². The lowest BCUT2D eigenvalue weighted by Gasteiger charge is -2.28. The van der Waals surface area contributed by atoms with E-state index in [1.165, 1.54) is 4.31 Å². The van der Waals surface area contributed by atoms with Crippen molar-refractivity contribution in [3.8, 4) is 0 Å². The molecule has 1 fully saturated rings. The van der Waals surface area contributed by atoms with Crippen LogP contribution >= 0.6 is 11.6 Å². The Morgan fingerprint density at radius 1 is 1.00 bits per heavy atom. The highest BCUT2D eigenvalue weighted by molar-refractivity contribution is 7.89. The molecule has 0 bridgehead atoms. The molecule has 1 aliphatic rings. The molecule has 1 N–H and O–H groups in total. The van der Waals surface area contributed by atoms with E-state index in [0.29, 0.717) is 49.7 Å². The predicted octanol–water partition coefficient (Wildman–Crippen LogP) is 2.26. The number of carbonyl (C=O) groups excluding carboxylic acids is 1. The van der Waals surface area contributed by atoms with Gasteiger partial charge in [0.2, 0.25) is 10.0 Å². The molecule has 29 heavy (non-hydrogen) atoms. The molecule has 2 aromatic carbocycles. The van der Waals surface area contributed by atoms with Gasteiger partial charge >= 0.3 is 0 Å². The van der Waals surface area contributed by atoms with Crippen LogP contribution < -0.4 is 5.32 Å². The van der Waals surface area contributed by atoms with E-state index >= 15 is 0 Å². The van der Waals surface area contributed by atoms with E-state index in [2.05, 4.69) is 5.32 Å². The van der Waals surface area contributed by atoms with Crippen LogP contribution in [0.4, 0.5) is 0 Å². The molecular formula is C21H26ClN3O3S. The SMILES string of the molecule is O=C(c1ccc(Cl)cc1)N(CCc1ccccc1)CCS(=O)(=O)N1CCNCC1. The highest BCUT2D eigenvalue weighted by Crippen LogP contribution is 2.13. The van der Waals surface area contributed by atoms with Gasteiger partial charge < -0.3 is 10.2 Å². The Balaban J connectivity index is 1.70. The summed E-state index contributed by atoms with van der Waals surface area (Å²) >= 11 is 5.93. The molecule has 0 unspecified atom stereocenters. The average Bonchev–Trinajstić information content (AvgIpc) is 2.75. The van der Waals surface area contributed by atoms with Gasteiger partial charge in [0.25, 0.3) is 5.91 Å². The van der Waals surface area contributed by atoms with Crippen LogP contribution in [0.15, 0.2) is 54.6 Å². The van der Waals surface area contributed by atoms with Crippen LogP contribution in [0.1, 0.15) is 15.9 Å². The van der Waals surface area contributed by atoms with Gasteiger partial charge in [0.05, 0.1) is 5.75 Å². The zero-order chi connectivity index (χ0) is 20.7. The predicted molar refractivity (Wildman–Crippen MR) is 116 cm³/mol. The number of hydrogen-bond acceptors (Lipinski definition) is 4. The van der Waals surface area contributed by atoms with E-state index in [1.807, 2.05) is 30.3 Å². The molecule has 0 aromatic heterocycles. The number of rotatable bonds is 8. The quantitative estimate of drug-likeness (QED) is 0.690. The molecule has 1 amide bonds. The van der Waals surface area contributed by atoms with E-state index in [9.17, 15) is 13.2 Å². The smallest absolute Gasteiger partial charge is 0.253 e. The maximum Gasteiger partial charge on any atom is 0.253 e. The Morgan fingerprint density at radius 3 is 2.31 bits per heavy atom. The zero-order valence-electron chi connectivity index (χ0n) is 16.3. The van der Waals surface area contributed by atoms with Gasteiger partial charge in [-0.2, -0.15) is 4.31 Å². The second-order valence-corrected chi connectivity index (χ2v) is 9.52. The highest BCUT2D eigenvalue weighted by Gasteiger charge is 2.26. The fourth-order valence-corrected chi connectivity index (χ4v) is 4.85. The van der Waals surface area contributed by atoms with Crippen molar-refractivity contribution in [3.63, 3.8) is 0 Å². The number of carbonyl (C=O) groups is 1. The number of nitrogens with one attached hydrogen (secondary N) is 1. The summed E-state index contributed by atoms with van der Waals surface area (Å²) in [6.07, 6.45) is 0.661. The molecule has 2 aromatic rings. The Kier molecular flexibility index (Phi) is 7.66. The van der Waals surface area contributed by atoms with Gasteiger partial charge in [-0.25, -0.2) is 8.42 Å². The minimum Gasteiger partial charge on any atom is -0.337 e. The Morgan fingerprint density at radius 2 is 1.66 bits per heavy atom. The summed E-state index contributed by atoms with van der Waals surface area (Å²) in [5.41, 5.74) is 1.61. The standard InChI is InChI=1S/C21H26ClN3O3S/c22-20-8-6-19(7-9-20)21(26)24(13-10-18-4-2-1-3-5-18)16-17-29(27,28)25-14-11-23-12-15-25/h1-9,23H,10-17H2. The van der Waals surface area contributed by atoms with Crippen molar-refractivity contribution in [1.29, 1.82) is 0 Å². The van der Waals surface area contributed by atoms with Crippen LogP contribution in [0, 0.1) is 0 Å². The van der Waals surface area contributed by atoms with Gasteiger partial charge in [0.15, 0.2) is 0 Å². The molecule has 1 aliphatic heterocycles. The third-order valence-corrected chi connectivity index (χ3v) is 7.08. The Labute approximate surface area is 177 Å². The van der Waals surface area contributed by atoms with Crippen LogP contribution in [-0.2, 0) is 16.4 Å². The molecule has 6 nitrogen and oxygen atoms in total. The van der Waals surface area contributed by atoms with Gasteiger partial charge in [-0.05, 0) is 36.2 Å². The molecule has 0 spiro atoms. The van der Waals surface area contributed by atoms with Crippen LogP contribution in [0.5, 0.6) is 0 Å². The van der Waals surface area contributed by atoms with Crippen molar-refractivity contribution < 1.29 is 13.2 Å². The lowest BCUT2D eigenvalue weighted by Crippen LogP contribution is -2.48. The Bertz CT molecular complexity index is 899. The molecule has 1 heterocycles. The van der Waals surface area contributed by atoms with E-state index in [0.717, 1.165) is 5.56 Å². The lowest BCUT2D eigenvalue weighted by atomic mass is 10.1. The van der Waals surface area contributed by atoms with Gasteiger partial charge in [0.1, 0.15) is 0 Å². The largest absolute Gasteiger partial charge is 0.337 e. The molecule has 0 saturated carbocycles. The van der Waals surface area contributed by atoms with E-state index in [1.54, 1.807) is 29.2 Å². The summed E-state index contributed by atoms with van der Waals surface area (Å²) in [4.78, 5) is 14.7. The van der Waals surface area contributed by atoms with Crippen LogP contribution in [-0.4, -0.2) is 68.6 Å². The molecular weight excluding hydrogens is 410 g/mol. The zero-order valence-corrected chi connectivity index (χ0v) is 17.8. The maximum absolute atomic E-state index is 13.0. The number of hydrogen-bond donors (Lipinski definition) is 1. The van der Waals surface area contributed by atoms with Gasteiger partial charge in [-0.3, -0.25) is 4.79 Å². The van der Waals surface area contributed by atoms with Gasteiger partial charge in [-0.15, -0.1) is 0 Å². The first-order valence-corrected chi connectivity index (χ1v) is 11.7. The first-order chi connectivity index (χ1) is 14.0. The first kappa shape index (κ1) is 21.8. The maximum atomic E-state index is 13.0. The third-order valence-electron chi connectivity index (χ3n) is 4.98. The summed E-state index contributed by atoms with van der Waals surface area (Å²) < 4.78 is 26.9. The van der Waals surface area contributed by atoms with Crippen LogP contribution in [0.2, 0.25) is 5.02 Å². The summed E-state index contributed by atoms with van der Waals surface area (Å²) in [6.45, 7) is 2.85. The van der Waals surface area contributed by atoms with Gasteiger partial charge in [0, 0.05) is 49.9 Å². The summed E-state index contributed by atoms with van der Waals surface area (Å²) in [5, 5.41) is 3.71. The number of amides is 1. The van der Waals surface area contributed by atoms with Crippen LogP contribution in [0.3, 0.4) is 0 Å². The molecule has 156 valence electrons. The van der Waals surface area contributed by atoms with Crippen molar-refractivity contribution in [2.45, 2.75) is 6.42 Å². The average molecular weight is 436 g/mol. The molecule has 0 atom stereocenters. The fourth-order valence-electron chi connectivity index (χ4n) is 3.28. The monoisotopic (exact) mass is 435 g/mol. The number of halogens is 1. The number of sulfonamides is 1. The number of benzene rings is 2. The lowest BCUT2D eigenvalue weighted by molar-refractivity contribution is 0.0767. The highest BCUT2D eigenvalue weighted by atomic mass is 35.5. The van der Waals surface area contributed by atoms with E-state index < -0.39 is 10.0 Å². The number of nitrogens with zero attached hydrogens (tertiary/aromatic N) is 2. The van der Waals surface area contributed by atoms with Gasteiger partial charge in [-0.1, -0.05) is 41.9 Å². The van der Waals surface area contributed by atoms with Crippen molar-refractivity contribution in [1.82, 2.24) is 14.5 Å². The summed E-state index contributed by atoms with van der Waals surface area (Å²) in [7, 11) is -3.41. The second-order valence-electron chi connectivity index (χ2n) is 7.00. The molecule has 1 saturated heterocycles. The minimum atomic E-state index is -3.41. The fraction of sp³-hybridized carbons (Fsp3) is 0.381. The Hall–Kier alpha value is -1.93. The summed E-state index contributed by atoms with van der Waals surface area (Å²) in [6, 6.07) is 16.5. The first-order valence-electron chi connectivity index (χ1n) is 9.73. The second kappa shape index (κ2) is 10.2. The summed E-state index contributed by atoms with van der Waals surface area (Å²) in [5.74, 6) is -0.269. The number of piperazine rings is 1. The van der Waals surface area contributed by atoms with E-state index in [4.69, 9.17) is 11.6 Å². The molecule has 3 rings (SSSR count). The molecule has 0 aliphatic carbocycles. The third kappa shape index (κ3) is 6.27. The minimum absolute atomic E-state index is 0.0822.